The fourth-order valence-electron chi connectivity index (χ4n) is 1.89. The molecule has 0 amide bonds. The van der Waals surface area contributed by atoms with E-state index in [2.05, 4.69) is 11.7 Å². The predicted octanol–water partition coefficient (Wildman–Crippen LogP) is 4.40. The summed E-state index contributed by atoms with van der Waals surface area (Å²) in [7, 11) is 1.38. The van der Waals surface area contributed by atoms with E-state index >= 15 is 0 Å². The van der Waals surface area contributed by atoms with Crippen molar-refractivity contribution in [3.8, 4) is 5.75 Å². The third-order valence-corrected chi connectivity index (χ3v) is 3.39. The molecule has 0 aliphatic carbocycles. The van der Waals surface area contributed by atoms with Gasteiger partial charge in [0.2, 0.25) is 0 Å². The number of esters is 1. The highest BCUT2D eigenvalue weighted by molar-refractivity contribution is 6.32. The lowest BCUT2D eigenvalue weighted by molar-refractivity contribution is -0.139. The average molecular weight is 299 g/mol. The molecule has 3 nitrogen and oxygen atoms in total. The summed E-state index contributed by atoms with van der Waals surface area (Å²) in [6.45, 7) is 2.86. The Balaban J connectivity index is 2.43. The van der Waals surface area contributed by atoms with E-state index in [0.717, 1.165) is 12.0 Å². The smallest absolute Gasteiger partial charge is 0.309 e. The number of rotatable bonds is 9. The average Bonchev–Trinajstić information content (AvgIpc) is 2.45. The highest BCUT2D eigenvalue weighted by Gasteiger charge is 2.07. The second kappa shape index (κ2) is 9.65. The molecule has 0 saturated heterocycles. The van der Waals surface area contributed by atoms with Gasteiger partial charge in [0.1, 0.15) is 5.75 Å². The van der Waals surface area contributed by atoms with E-state index in [9.17, 15) is 4.79 Å². The van der Waals surface area contributed by atoms with Gasteiger partial charge in [-0.1, -0.05) is 50.3 Å². The number of carbonyl (C=O) groups is 1. The summed E-state index contributed by atoms with van der Waals surface area (Å²) in [5.74, 6) is 0.376. The monoisotopic (exact) mass is 298 g/mol. The van der Waals surface area contributed by atoms with Crippen LogP contribution in [0.1, 0.15) is 44.6 Å². The maximum atomic E-state index is 11.2. The Kier molecular flexibility index (Phi) is 8.12. The van der Waals surface area contributed by atoms with E-state index in [-0.39, 0.29) is 12.4 Å². The SMILES string of the molecule is CCCCCCCOc1cc(CC(=O)OC)ccc1Cl. The Labute approximate surface area is 126 Å². The molecule has 0 aliphatic heterocycles. The van der Waals surface area contributed by atoms with Crippen molar-refractivity contribution >= 4 is 17.6 Å². The molecule has 20 heavy (non-hydrogen) atoms. The molecule has 0 bridgehead atoms. The number of unbranched alkanes of at least 4 members (excludes halogenated alkanes) is 4. The molecule has 0 atom stereocenters. The number of hydrogen-bond donors (Lipinski definition) is 0. The molecular weight excluding hydrogens is 276 g/mol. The maximum absolute atomic E-state index is 11.2. The van der Waals surface area contributed by atoms with Gasteiger partial charge >= 0.3 is 5.97 Å². The molecule has 4 heteroatoms. The van der Waals surface area contributed by atoms with E-state index in [1.807, 2.05) is 12.1 Å². The number of hydrogen-bond acceptors (Lipinski definition) is 3. The number of halogens is 1. The highest BCUT2D eigenvalue weighted by atomic mass is 35.5. The molecule has 1 rings (SSSR count). The predicted molar refractivity (Wildman–Crippen MR) is 81.4 cm³/mol. The lowest BCUT2D eigenvalue weighted by Crippen LogP contribution is -2.05. The van der Waals surface area contributed by atoms with Crippen LogP contribution in [0.4, 0.5) is 0 Å². The van der Waals surface area contributed by atoms with Crippen LogP contribution in [0.2, 0.25) is 5.02 Å². The van der Waals surface area contributed by atoms with Gasteiger partial charge in [0, 0.05) is 0 Å². The van der Waals surface area contributed by atoms with E-state index in [1.54, 1.807) is 6.07 Å². The van der Waals surface area contributed by atoms with Crippen LogP contribution in [0.15, 0.2) is 18.2 Å². The third-order valence-electron chi connectivity index (χ3n) is 3.08. The van der Waals surface area contributed by atoms with Crippen molar-refractivity contribution in [1.82, 2.24) is 0 Å². The molecule has 1 aromatic carbocycles. The summed E-state index contributed by atoms with van der Waals surface area (Å²) in [6.07, 6.45) is 6.19. The molecule has 0 saturated carbocycles. The largest absolute Gasteiger partial charge is 0.492 e. The first-order chi connectivity index (χ1) is 9.67. The molecule has 0 aliphatic rings. The van der Waals surface area contributed by atoms with Gasteiger partial charge in [-0.25, -0.2) is 0 Å². The molecule has 0 unspecified atom stereocenters. The van der Waals surface area contributed by atoms with Crippen LogP contribution >= 0.6 is 11.6 Å². The van der Waals surface area contributed by atoms with Crippen molar-refractivity contribution in [1.29, 1.82) is 0 Å². The van der Waals surface area contributed by atoms with Crippen LogP contribution in [0.5, 0.6) is 5.75 Å². The quantitative estimate of drug-likeness (QED) is 0.500. The van der Waals surface area contributed by atoms with Gasteiger partial charge in [0.05, 0.1) is 25.2 Å². The van der Waals surface area contributed by atoms with Crippen molar-refractivity contribution in [3.63, 3.8) is 0 Å². The molecule has 0 aromatic heterocycles. The second-order valence-electron chi connectivity index (χ2n) is 4.78. The van der Waals surface area contributed by atoms with Crippen molar-refractivity contribution in [3.05, 3.63) is 28.8 Å². The normalized spacial score (nSPS) is 10.3. The van der Waals surface area contributed by atoms with Gasteiger partial charge in [0.15, 0.2) is 0 Å². The second-order valence-corrected chi connectivity index (χ2v) is 5.19. The fourth-order valence-corrected chi connectivity index (χ4v) is 2.07. The van der Waals surface area contributed by atoms with Crippen LogP contribution in [0, 0.1) is 0 Å². The molecular formula is C16H23ClO3. The van der Waals surface area contributed by atoms with Gasteiger partial charge in [-0.2, -0.15) is 0 Å². The number of methoxy groups -OCH3 is 1. The summed E-state index contributed by atoms with van der Waals surface area (Å²) < 4.78 is 10.3. The number of benzene rings is 1. The Bertz CT molecular complexity index is 418. The summed E-state index contributed by atoms with van der Waals surface area (Å²) in [4.78, 5) is 11.2. The van der Waals surface area contributed by atoms with Crippen LogP contribution in [0.3, 0.4) is 0 Å². The third kappa shape index (κ3) is 6.29. The standard InChI is InChI=1S/C16H23ClO3/c1-3-4-5-6-7-10-20-15-11-13(8-9-14(15)17)12-16(18)19-2/h8-9,11H,3-7,10,12H2,1-2H3. The maximum Gasteiger partial charge on any atom is 0.309 e. The van der Waals surface area contributed by atoms with E-state index in [0.29, 0.717) is 17.4 Å². The van der Waals surface area contributed by atoms with Gasteiger partial charge in [0.25, 0.3) is 0 Å². The fraction of sp³-hybridized carbons (Fsp3) is 0.562. The summed E-state index contributed by atoms with van der Waals surface area (Å²) in [5.41, 5.74) is 0.849. The molecule has 0 heterocycles. The lowest BCUT2D eigenvalue weighted by atomic mass is 10.1. The number of carbonyl (C=O) groups excluding carboxylic acids is 1. The van der Waals surface area contributed by atoms with Crippen molar-refractivity contribution in [2.24, 2.45) is 0 Å². The van der Waals surface area contributed by atoms with Crippen LogP contribution < -0.4 is 4.74 Å². The van der Waals surface area contributed by atoms with Crippen molar-refractivity contribution in [2.75, 3.05) is 13.7 Å². The highest BCUT2D eigenvalue weighted by Crippen LogP contribution is 2.26. The van der Waals surface area contributed by atoms with Crippen molar-refractivity contribution < 1.29 is 14.3 Å². The molecule has 112 valence electrons. The molecule has 0 spiro atoms. The molecule has 0 radical (unpaired) electrons. The first-order valence-corrected chi connectivity index (χ1v) is 7.53. The minimum Gasteiger partial charge on any atom is -0.492 e. The lowest BCUT2D eigenvalue weighted by Gasteiger charge is -2.09. The summed E-state index contributed by atoms with van der Waals surface area (Å²) in [6, 6.07) is 5.38. The van der Waals surface area contributed by atoms with Gasteiger partial charge < -0.3 is 9.47 Å². The molecule has 0 fully saturated rings. The first kappa shape index (κ1) is 16.8. The zero-order valence-electron chi connectivity index (χ0n) is 12.3. The minimum absolute atomic E-state index is 0.237. The van der Waals surface area contributed by atoms with E-state index in [4.69, 9.17) is 16.3 Å². The van der Waals surface area contributed by atoms with Crippen LogP contribution in [0.25, 0.3) is 0 Å². The Morgan fingerprint density at radius 1 is 1.20 bits per heavy atom. The van der Waals surface area contributed by atoms with E-state index in [1.165, 1.54) is 32.8 Å². The Hall–Kier alpha value is -1.22. The zero-order valence-corrected chi connectivity index (χ0v) is 13.0. The Morgan fingerprint density at radius 2 is 1.95 bits per heavy atom. The topological polar surface area (TPSA) is 35.5 Å². The van der Waals surface area contributed by atoms with Gasteiger partial charge in [-0.15, -0.1) is 0 Å². The Morgan fingerprint density at radius 3 is 2.65 bits per heavy atom. The van der Waals surface area contributed by atoms with E-state index < -0.39 is 0 Å². The van der Waals surface area contributed by atoms with Crippen molar-refractivity contribution in [2.45, 2.75) is 45.4 Å². The summed E-state index contributed by atoms with van der Waals surface area (Å²) >= 11 is 6.09. The van der Waals surface area contributed by atoms with Crippen LogP contribution in [-0.2, 0) is 16.0 Å². The van der Waals surface area contributed by atoms with Gasteiger partial charge in [-0.3, -0.25) is 4.79 Å². The molecule has 0 N–H and O–H groups in total. The van der Waals surface area contributed by atoms with Gasteiger partial charge in [-0.05, 0) is 24.1 Å². The number of ether oxygens (including phenoxy) is 2. The summed E-state index contributed by atoms with van der Waals surface area (Å²) in [5, 5.41) is 0.576. The molecule has 1 aromatic rings. The van der Waals surface area contributed by atoms with Crippen LogP contribution in [-0.4, -0.2) is 19.7 Å². The zero-order chi connectivity index (χ0) is 14.8. The minimum atomic E-state index is -0.266. The first-order valence-electron chi connectivity index (χ1n) is 7.15.